The summed E-state index contributed by atoms with van der Waals surface area (Å²) < 4.78 is 32.8. The van der Waals surface area contributed by atoms with Crippen molar-refractivity contribution in [2.45, 2.75) is 26.4 Å². The molecule has 0 saturated heterocycles. The molecule has 0 unspecified atom stereocenters. The highest BCUT2D eigenvalue weighted by molar-refractivity contribution is 9.10. The maximum atomic E-state index is 13.7. The molecule has 2 rings (SSSR count). The van der Waals surface area contributed by atoms with Gasteiger partial charge in [-0.1, -0.05) is 6.92 Å². The van der Waals surface area contributed by atoms with E-state index >= 15 is 0 Å². The largest absolute Gasteiger partial charge is 0.444 e. The Morgan fingerprint density at radius 1 is 1.32 bits per heavy atom. The van der Waals surface area contributed by atoms with Gasteiger partial charge in [-0.15, -0.1) is 0 Å². The van der Waals surface area contributed by atoms with E-state index in [9.17, 15) is 8.78 Å². The minimum atomic E-state index is -0.589. The minimum absolute atomic E-state index is 0.00311. The van der Waals surface area contributed by atoms with Gasteiger partial charge in [0, 0.05) is 18.5 Å². The van der Waals surface area contributed by atoms with E-state index in [-0.39, 0.29) is 16.6 Å². The third-order valence-corrected chi connectivity index (χ3v) is 3.28. The second kappa shape index (κ2) is 6.25. The van der Waals surface area contributed by atoms with Gasteiger partial charge >= 0.3 is 0 Å². The predicted molar refractivity (Wildman–Crippen MR) is 70.5 cm³/mol. The number of halogens is 3. The van der Waals surface area contributed by atoms with Crippen LogP contribution in [0.4, 0.5) is 8.78 Å². The molecule has 1 aromatic heterocycles. The predicted octanol–water partition coefficient (Wildman–Crippen LogP) is 3.57. The van der Waals surface area contributed by atoms with Gasteiger partial charge in [0.15, 0.2) is 0 Å². The summed E-state index contributed by atoms with van der Waals surface area (Å²) in [6.07, 6.45) is 2.42. The number of hydrogen-bond donors (Lipinski definition) is 1. The van der Waals surface area contributed by atoms with E-state index in [2.05, 4.69) is 26.2 Å². The highest BCUT2D eigenvalue weighted by atomic mass is 79.9. The van der Waals surface area contributed by atoms with Crippen LogP contribution >= 0.6 is 15.9 Å². The monoisotopic (exact) mass is 330 g/mol. The van der Waals surface area contributed by atoms with E-state index in [0.29, 0.717) is 12.4 Å². The lowest BCUT2D eigenvalue weighted by Gasteiger charge is -2.07. The van der Waals surface area contributed by atoms with Crippen molar-refractivity contribution in [2.24, 2.45) is 0 Å². The van der Waals surface area contributed by atoms with Gasteiger partial charge in [-0.05, 0) is 28.1 Å². The van der Waals surface area contributed by atoms with Gasteiger partial charge in [-0.2, -0.15) is 0 Å². The Balaban J connectivity index is 1.97. The zero-order valence-corrected chi connectivity index (χ0v) is 11.9. The van der Waals surface area contributed by atoms with Crippen molar-refractivity contribution in [2.75, 3.05) is 0 Å². The molecule has 0 amide bonds. The molecular weight excluding hydrogens is 318 g/mol. The first-order valence-electron chi connectivity index (χ1n) is 5.88. The Bertz CT molecular complexity index is 572. The molecule has 0 aliphatic heterocycles. The number of oxazole rings is 1. The fraction of sp³-hybridized carbons (Fsp3) is 0.308. The molecule has 102 valence electrons. The second-order valence-corrected chi connectivity index (χ2v) is 4.85. The van der Waals surface area contributed by atoms with Gasteiger partial charge in [0.1, 0.15) is 17.4 Å². The van der Waals surface area contributed by atoms with Gasteiger partial charge in [0.25, 0.3) is 0 Å². The molecule has 1 N–H and O–H groups in total. The summed E-state index contributed by atoms with van der Waals surface area (Å²) in [7, 11) is 0. The molecule has 1 aromatic carbocycles. The van der Waals surface area contributed by atoms with Crippen molar-refractivity contribution in [3.8, 4) is 0 Å². The fourth-order valence-corrected chi connectivity index (χ4v) is 1.99. The summed E-state index contributed by atoms with van der Waals surface area (Å²) in [5.41, 5.74) is -0.00311. The van der Waals surface area contributed by atoms with Crippen LogP contribution in [0.2, 0.25) is 0 Å². The average molecular weight is 331 g/mol. The Kier molecular flexibility index (Phi) is 4.66. The molecule has 0 aliphatic carbocycles. The quantitative estimate of drug-likeness (QED) is 0.852. The lowest BCUT2D eigenvalue weighted by molar-refractivity contribution is 0.434. The molecule has 0 atom stereocenters. The van der Waals surface area contributed by atoms with Crippen LogP contribution in [0.3, 0.4) is 0 Å². The smallest absolute Gasteiger partial charge is 0.208 e. The first-order valence-corrected chi connectivity index (χ1v) is 6.67. The standard InChI is InChI=1S/C13H13BrF2N2O/c1-2-8-5-18-12(19-8)7-17-6-9-11(15)4-3-10(14)13(9)16/h3-5,17H,2,6-7H2,1H3. The summed E-state index contributed by atoms with van der Waals surface area (Å²) in [5.74, 6) is 0.133. The SMILES string of the molecule is CCc1cnc(CNCc2c(F)ccc(Br)c2F)o1. The van der Waals surface area contributed by atoms with Crippen LogP contribution in [-0.2, 0) is 19.5 Å². The van der Waals surface area contributed by atoms with E-state index in [1.54, 1.807) is 6.20 Å². The van der Waals surface area contributed by atoms with Gasteiger partial charge < -0.3 is 9.73 Å². The third-order valence-electron chi connectivity index (χ3n) is 2.67. The third kappa shape index (κ3) is 3.39. The summed E-state index contributed by atoms with van der Waals surface area (Å²) >= 11 is 3.03. The Labute approximate surface area is 118 Å². The van der Waals surface area contributed by atoms with E-state index in [1.165, 1.54) is 12.1 Å². The number of aromatic nitrogens is 1. The zero-order valence-electron chi connectivity index (χ0n) is 10.3. The van der Waals surface area contributed by atoms with Gasteiger partial charge in [-0.25, -0.2) is 13.8 Å². The molecule has 0 aliphatic rings. The summed E-state index contributed by atoms with van der Waals surface area (Å²) in [5, 5.41) is 2.91. The molecule has 0 radical (unpaired) electrons. The normalized spacial score (nSPS) is 10.9. The molecule has 1 heterocycles. The Hall–Kier alpha value is -1.27. The second-order valence-electron chi connectivity index (χ2n) is 4.00. The number of aryl methyl sites for hydroxylation is 1. The lowest BCUT2D eigenvalue weighted by Crippen LogP contribution is -2.15. The molecule has 0 spiro atoms. The summed E-state index contributed by atoms with van der Waals surface area (Å²) in [4.78, 5) is 4.05. The van der Waals surface area contributed by atoms with E-state index < -0.39 is 11.6 Å². The lowest BCUT2D eigenvalue weighted by atomic mass is 10.2. The highest BCUT2D eigenvalue weighted by Gasteiger charge is 2.12. The van der Waals surface area contributed by atoms with Gasteiger partial charge in [-0.3, -0.25) is 0 Å². The van der Waals surface area contributed by atoms with Crippen LogP contribution in [0.25, 0.3) is 0 Å². The first-order chi connectivity index (χ1) is 9.11. The van der Waals surface area contributed by atoms with Crippen LogP contribution in [-0.4, -0.2) is 4.98 Å². The van der Waals surface area contributed by atoms with Crippen LogP contribution in [0.1, 0.15) is 24.1 Å². The number of rotatable bonds is 5. The van der Waals surface area contributed by atoms with Gasteiger partial charge in [0.2, 0.25) is 5.89 Å². The van der Waals surface area contributed by atoms with E-state index in [4.69, 9.17) is 4.42 Å². The topological polar surface area (TPSA) is 38.1 Å². The number of benzene rings is 1. The molecule has 2 aromatic rings. The van der Waals surface area contributed by atoms with Crippen molar-refractivity contribution in [1.82, 2.24) is 10.3 Å². The van der Waals surface area contributed by atoms with Crippen molar-refractivity contribution < 1.29 is 13.2 Å². The molecule has 3 nitrogen and oxygen atoms in total. The van der Waals surface area contributed by atoms with Crippen molar-refractivity contribution >= 4 is 15.9 Å². The number of nitrogens with one attached hydrogen (secondary N) is 1. The molecule has 19 heavy (non-hydrogen) atoms. The van der Waals surface area contributed by atoms with Crippen molar-refractivity contribution in [3.63, 3.8) is 0 Å². The summed E-state index contributed by atoms with van der Waals surface area (Å²) in [6, 6.07) is 2.57. The molecular formula is C13H13BrF2N2O. The van der Waals surface area contributed by atoms with Crippen LogP contribution in [0, 0.1) is 11.6 Å². The molecule has 6 heteroatoms. The van der Waals surface area contributed by atoms with E-state index in [1.807, 2.05) is 6.92 Å². The maximum absolute atomic E-state index is 13.7. The van der Waals surface area contributed by atoms with Crippen LogP contribution < -0.4 is 5.32 Å². The van der Waals surface area contributed by atoms with Crippen LogP contribution in [0.15, 0.2) is 27.2 Å². The zero-order chi connectivity index (χ0) is 13.8. The van der Waals surface area contributed by atoms with Gasteiger partial charge in [0.05, 0.1) is 17.2 Å². The first kappa shape index (κ1) is 14.1. The van der Waals surface area contributed by atoms with Crippen molar-refractivity contribution in [1.29, 1.82) is 0 Å². The maximum Gasteiger partial charge on any atom is 0.208 e. The Morgan fingerprint density at radius 3 is 2.79 bits per heavy atom. The fourth-order valence-electron chi connectivity index (χ4n) is 1.62. The molecule has 0 fully saturated rings. The van der Waals surface area contributed by atoms with Crippen LogP contribution in [0.5, 0.6) is 0 Å². The number of hydrogen-bond acceptors (Lipinski definition) is 3. The molecule has 0 saturated carbocycles. The Morgan fingerprint density at radius 2 is 2.11 bits per heavy atom. The molecule has 0 bridgehead atoms. The van der Waals surface area contributed by atoms with Crippen molar-refractivity contribution in [3.05, 3.63) is 51.7 Å². The average Bonchev–Trinajstić information content (AvgIpc) is 2.86. The van der Waals surface area contributed by atoms with E-state index in [0.717, 1.165) is 12.2 Å². The number of nitrogens with zero attached hydrogens (tertiary/aromatic N) is 1. The minimum Gasteiger partial charge on any atom is -0.444 e. The summed E-state index contributed by atoms with van der Waals surface area (Å²) in [6.45, 7) is 2.36. The highest BCUT2D eigenvalue weighted by Crippen LogP contribution is 2.21.